The van der Waals surface area contributed by atoms with Gasteiger partial charge in [0.2, 0.25) is 0 Å². The van der Waals surface area contributed by atoms with Gasteiger partial charge in [-0.1, -0.05) is 29.8 Å². The molecule has 1 aliphatic rings. The maximum atomic E-state index is 11.3. The van der Waals surface area contributed by atoms with Crippen LogP contribution in [0, 0.1) is 12.3 Å². The molecule has 0 aromatic heterocycles. The minimum absolute atomic E-state index is 0.188. The Morgan fingerprint density at radius 2 is 2.27 bits per heavy atom. The third-order valence-electron chi connectivity index (χ3n) is 2.00. The Morgan fingerprint density at radius 3 is 2.87 bits per heavy atom. The van der Waals surface area contributed by atoms with Crippen LogP contribution in [0.4, 0.5) is 0 Å². The van der Waals surface area contributed by atoms with E-state index in [4.69, 9.17) is 5.41 Å². The molecule has 1 fully saturated rings. The average molecular weight is 218 g/mol. The van der Waals surface area contributed by atoms with Crippen molar-refractivity contribution in [1.29, 1.82) is 5.41 Å². The zero-order valence-electron chi connectivity index (χ0n) is 8.20. The van der Waals surface area contributed by atoms with Crippen molar-refractivity contribution < 1.29 is 4.79 Å². The first-order valence-electron chi connectivity index (χ1n) is 4.51. The average Bonchev–Trinajstić information content (AvgIpc) is 2.45. The predicted octanol–water partition coefficient (Wildman–Crippen LogP) is 2.13. The smallest absolute Gasteiger partial charge is 0.264 e. The van der Waals surface area contributed by atoms with Crippen LogP contribution in [0.1, 0.15) is 11.1 Å². The van der Waals surface area contributed by atoms with Crippen molar-refractivity contribution in [2.24, 2.45) is 0 Å². The van der Waals surface area contributed by atoms with Crippen LogP contribution in [-0.4, -0.2) is 11.1 Å². The Labute approximate surface area is 92.1 Å². The van der Waals surface area contributed by atoms with E-state index in [2.05, 4.69) is 5.32 Å². The second-order valence-electron chi connectivity index (χ2n) is 3.31. The zero-order valence-corrected chi connectivity index (χ0v) is 9.02. The highest BCUT2D eigenvalue weighted by atomic mass is 32.2. The lowest BCUT2D eigenvalue weighted by atomic mass is 10.1. The number of benzene rings is 1. The van der Waals surface area contributed by atoms with Crippen molar-refractivity contribution in [2.45, 2.75) is 6.92 Å². The molecule has 1 amide bonds. The molecule has 0 saturated carbocycles. The second kappa shape index (κ2) is 3.90. The summed E-state index contributed by atoms with van der Waals surface area (Å²) in [6.07, 6.45) is 1.80. The number of rotatable bonds is 1. The summed E-state index contributed by atoms with van der Waals surface area (Å²) < 4.78 is 0. The normalized spacial score (nSPS) is 18.3. The Hall–Kier alpha value is -1.55. The summed E-state index contributed by atoms with van der Waals surface area (Å²) >= 11 is 1.16. The zero-order chi connectivity index (χ0) is 10.8. The molecule has 15 heavy (non-hydrogen) atoms. The summed E-state index contributed by atoms with van der Waals surface area (Å²) in [5, 5.41) is 9.94. The Balaban J connectivity index is 2.31. The number of nitrogens with one attached hydrogen (secondary N) is 2. The van der Waals surface area contributed by atoms with E-state index in [1.807, 2.05) is 31.2 Å². The minimum Gasteiger partial charge on any atom is -0.301 e. The number of thioether (sulfide) groups is 1. The van der Waals surface area contributed by atoms with E-state index in [1.54, 1.807) is 6.08 Å². The van der Waals surface area contributed by atoms with Crippen LogP contribution >= 0.6 is 11.8 Å². The fraction of sp³-hybridized carbons (Fsp3) is 0.0909. The van der Waals surface area contributed by atoms with Crippen molar-refractivity contribution in [1.82, 2.24) is 5.32 Å². The van der Waals surface area contributed by atoms with Crippen molar-refractivity contribution in [3.63, 3.8) is 0 Å². The van der Waals surface area contributed by atoms with Gasteiger partial charge in [-0.3, -0.25) is 10.2 Å². The molecule has 1 aliphatic heterocycles. The van der Waals surface area contributed by atoms with E-state index in [9.17, 15) is 4.79 Å². The first-order chi connectivity index (χ1) is 7.15. The summed E-state index contributed by atoms with van der Waals surface area (Å²) in [7, 11) is 0. The van der Waals surface area contributed by atoms with E-state index in [0.29, 0.717) is 4.91 Å². The summed E-state index contributed by atoms with van der Waals surface area (Å²) in [6.45, 7) is 2.01. The Kier molecular flexibility index (Phi) is 2.60. The number of amidine groups is 1. The van der Waals surface area contributed by atoms with Gasteiger partial charge in [0.1, 0.15) is 0 Å². The molecule has 76 valence electrons. The van der Waals surface area contributed by atoms with Gasteiger partial charge in [0, 0.05) is 0 Å². The van der Waals surface area contributed by atoms with Crippen LogP contribution in [0.3, 0.4) is 0 Å². The predicted molar refractivity (Wildman–Crippen MR) is 62.6 cm³/mol. The van der Waals surface area contributed by atoms with Gasteiger partial charge in [-0.15, -0.1) is 0 Å². The molecule has 3 nitrogen and oxygen atoms in total. The molecule has 1 heterocycles. The van der Waals surface area contributed by atoms with Crippen LogP contribution in [0.5, 0.6) is 0 Å². The molecule has 0 radical (unpaired) electrons. The fourth-order valence-electron chi connectivity index (χ4n) is 1.35. The number of amides is 1. The maximum absolute atomic E-state index is 11.3. The number of hydrogen-bond donors (Lipinski definition) is 2. The molecule has 0 atom stereocenters. The van der Waals surface area contributed by atoms with Crippen LogP contribution in [0.25, 0.3) is 6.08 Å². The molecular weight excluding hydrogens is 208 g/mol. The summed E-state index contributed by atoms with van der Waals surface area (Å²) in [6, 6.07) is 7.90. The summed E-state index contributed by atoms with van der Waals surface area (Å²) in [4.78, 5) is 11.9. The first-order valence-corrected chi connectivity index (χ1v) is 5.33. The fourth-order valence-corrected chi connectivity index (χ4v) is 2.06. The van der Waals surface area contributed by atoms with Gasteiger partial charge in [0.05, 0.1) is 4.91 Å². The monoisotopic (exact) mass is 218 g/mol. The molecule has 2 rings (SSSR count). The lowest BCUT2D eigenvalue weighted by molar-refractivity contribution is -0.115. The molecule has 4 heteroatoms. The number of carbonyl (C=O) groups excluding carboxylic acids is 1. The number of aryl methyl sites for hydroxylation is 1. The molecular formula is C11H10N2OS. The molecule has 1 aromatic rings. The Morgan fingerprint density at radius 1 is 1.47 bits per heavy atom. The topological polar surface area (TPSA) is 53.0 Å². The molecule has 0 unspecified atom stereocenters. The van der Waals surface area contributed by atoms with Gasteiger partial charge in [-0.2, -0.15) is 0 Å². The van der Waals surface area contributed by atoms with E-state index < -0.39 is 0 Å². The lowest BCUT2D eigenvalue weighted by Gasteiger charge is -1.96. The number of hydrogen-bond acceptors (Lipinski definition) is 3. The van der Waals surface area contributed by atoms with E-state index >= 15 is 0 Å². The summed E-state index contributed by atoms with van der Waals surface area (Å²) in [5.74, 6) is -0.188. The first kappa shape index (κ1) is 9.98. The van der Waals surface area contributed by atoms with Crippen molar-refractivity contribution in [2.75, 3.05) is 0 Å². The summed E-state index contributed by atoms with van der Waals surface area (Å²) in [5.41, 5.74) is 2.14. The van der Waals surface area contributed by atoms with Gasteiger partial charge in [0.25, 0.3) is 5.91 Å². The van der Waals surface area contributed by atoms with Gasteiger partial charge < -0.3 is 5.32 Å². The highest BCUT2D eigenvalue weighted by Gasteiger charge is 2.21. The van der Waals surface area contributed by atoms with Crippen molar-refractivity contribution in [3.8, 4) is 0 Å². The third-order valence-corrected chi connectivity index (χ3v) is 2.83. The maximum Gasteiger partial charge on any atom is 0.264 e. The van der Waals surface area contributed by atoms with Crippen molar-refractivity contribution >= 4 is 28.9 Å². The molecule has 0 spiro atoms. The van der Waals surface area contributed by atoms with E-state index in [-0.39, 0.29) is 11.1 Å². The SMILES string of the molecule is Cc1cccc(/C=C2\SC(=N)NC2=O)c1. The van der Waals surface area contributed by atoms with Crippen LogP contribution in [0.2, 0.25) is 0 Å². The van der Waals surface area contributed by atoms with Crippen LogP contribution < -0.4 is 5.32 Å². The molecule has 0 bridgehead atoms. The van der Waals surface area contributed by atoms with Gasteiger partial charge >= 0.3 is 0 Å². The van der Waals surface area contributed by atoms with Crippen LogP contribution in [0.15, 0.2) is 29.2 Å². The third kappa shape index (κ3) is 2.27. The quantitative estimate of drug-likeness (QED) is 0.709. The largest absolute Gasteiger partial charge is 0.301 e. The molecule has 2 N–H and O–H groups in total. The Bertz CT molecular complexity index is 465. The number of carbonyl (C=O) groups is 1. The standard InChI is InChI=1S/C11H10N2OS/c1-7-3-2-4-8(5-7)6-9-10(14)13-11(12)15-9/h2-6H,1H3,(H2,12,13,14)/b9-6-. The van der Waals surface area contributed by atoms with E-state index in [0.717, 1.165) is 22.9 Å². The molecule has 0 aliphatic carbocycles. The highest BCUT2D eigenvalue weighted by Crippen LogP contribution is 2.24. The highest BCUT2D eigenvalue weighted by molar-refractivity contribution is 8.18. The van der Waals surface area contributed by atoms with Gasteiger partial charge in [0.15, 0.2) is 5.17 Å². The van der Waals surface area contributed by atoms with Crippen molar-refractivity contribution in [3.05, 3.63) is 40.3 Å². The molecule has 1 aromatic carbocycles. The van der Waals surface area contributed by atoms with Crippen LogP contribution in [-0.2, 0) is 4.79 Å². The molecule has 1 saturated heterocycles. The van der Waals surface area contributed by atoms with E-state index in [1.165, 1.54) is 0 Å². The second-order valence-corrected chi connectivity index (χ2v) is 4.36. The van der Waals surface area contributed by atoms with Gasteiger partial charge in [-0.05, 0) is 30.3 Å². The van der Waals surface area contributed by atoms with Gasteiger partial charge in [-0.25, -0.2) is 0 Å². The lowest BCUT2D eigenvalue weighted by Crippen LogP contribution is -2.18. The minimum atomic E-state index is -0.188.